The van der Waals surface area contributed by atoms with Crippen LogP contribution < -0.4 is 5.56 Å². The number of nitrogens with zero attached hydrogens (tertiary/aromatic N) is 1. The minimum absolute atomic E-state index is 0.0545. The number of amides is 1. The van der Waals surface area contributed by atoms with Crippen LogP contribution in [0.25, 0.3) is 10.9 Å². The molecule has 1 amide bonds. The van der Waals surface area contributed by atoms with Crippen molar-refractivity contribution in [3.8, 4) is 0 Å². The van der Waals surface area contributed by atoms with E-state index < -0.39 is 5.82 Å². The summed E-state index contributed by atoms with van der Waals surface area (Å²) in [5.41, 5.74) is 2.48. The van der Waals surface area contributed by atoms with Crippen molar-refractivity contribution in [2.45, 2.75) is 32.4 Å². The molecule has 1 saturated heterocycles. The molecule has 4 rings (SSSR count). The van der Waals surface area contributed by atoms with Crippen LogP contribution in [0.3, 0.4) is 0 Å². The van der Waals surface area contributed by atoms with Gasteiger partial charge in [-0.1, -0.05) is 18.2 Å². The number of pyridine rings is 1. The molecule has 150 valence electrons. The predicted molar refractivity (Wildman–Crippen MR) is 109 cm³/mol. The minimum Gasteiger partial charge on any atom is -0.376 e. The summed E-state index contributed by atoms with van der Waals surface area (Å²) in [6.07, 6.45) is 1.78. The van der Waals surface area contributed by atoms with Crippen molar-refractivity contribution < 1.29 is 13.9 Å². The first-order valence-corrected chi connectivity index (χ1v) is 9.79. The average molecular weight is 394 g/mol. The largest absolute Gasteiger partial charge is 0.376 e. The summed E-state index contributed by atoms with van der Waals surface area (Å²) in [7, 11) is 0. The van der Waals surface area contributed by atoms with Gasteiger partial charge in [0.05, 0.1) is 18.2 Å². The molecule has 0 saturated carbocycles. The van der Waals surface area contributed by atoms with Crippen LogP contribution >= 0.6 is 0 Å². The third-order valence-electron chi connectivity index (χ3n) is 5.35. The Kier molecular flexibility index (Phi) is 5.45. The molecule has 0 aliphatic carbocycles. The molecule has 0 radical (unpaired) electrons. The van der Waals surface area contributed by atoms with Crippen LogP contribution in [0.5, 0.6) is 0 Å². The zero-order chi connectivity index (χ0) is 20.4. The number of carbonyl (C=O) groups excluding carboxylic acids is 1. The number of hydrogen-bond donors (Lipinski definition) is 1. The lowest BCUT2D eigenvalue weighted by atomic mass is 10.1. The molecule has 6 heteroatoms. The molecule has 1 aliphatic heterocycles. The van der Waals surface area contributed by atoms with E-state index in [-0.39, 0.29) is 24.1 Å². The third-order valence-corrected chi connectivity index (χ3v) is 5.35. The van der Waals surface area contributed by atoms with Crippen molar-refractivity contribution >= 4 is 16.8 Å². The van der Waals surface area contributed by atoms with E-state index in [2.05, 4.69) is 4.98 Å². The zero-order valence-electron chi connectivity index (χ0n) is 16.3. The molecule has 1 N–H and O–H groups in total. The zero-order valence-corrected chi connectivity index (χ0v) is 16.3. The van der Waals surface area contributed by atoms with Gasteiger partial charge in [-0.3, -0.25) is 9.59 Å². The molecular weight excluding hydrogens is 371 g/mol. The molecular formula is C23H23FN2O3. The molecule has 1 unspecified atom stereocenters. The number of rotatable bonds is 5. The fourth-order valence-electron chi connectivity index (χ4n) is 3.78. The van der Waals surface area contributed by atoms with Crippen molar-refractivity contribution in [1.82, 2.24) is 9.88 Å². The molecule has 2 aromatic carbocycles. The number of aromatic nitrogens is 1. The van der Waals surface area contributed by atoms with E-state index in [0.29, 0.717) is 24.3 Å². The number of aryl methyl sites for hydroxylation is 1. The Hall–Kier alpha value is -2.99. The molecule has 1 atom stereocenters. The first-order chi connectivity index (χ1) is 14.0. The average Bonchev–Trinajstić information content (AvgIpc) is 3.22. The summed E-state index contributed by atoms with van der Waals surface area (Å²) in [5, 5.41) is 0.922. The second kappa shape index (κ2) is 8.17. The van der Waals surface area contributed by atoms with Gasteiger partial charge in [0.2, 0.25) is 0 Å². The highest BCUT2D eigenvalue weighted by atomic mass is 19.1. The highest BCUT2D eigenvalue weighted by molar-refractivity contribution is 5.94. The van der Waals surface area contributed by atoms with E-state index in [1.165, 1.54) is 24.3 Å². The van der Waals surface area contributed by atoms with Gasteiger partial charge in [0.25, 0.3) is 11.5 Å². The molecule has 1 fully saturated rings. The Labute approximate surface area is 168 Å². The number of aromatic amines is 1. The minimum atomic E-state index is -0.395. The maximum atomic E-state index is 13.3. The maximum absolute atomic E-state index is 13.3. The topological polar surface area (TPSA) is 62.4 Å². The van der Waals surface area contributed by atoms with E-state index in [1.807, 2.05) is 31.2 Å². The molecule has 29 heavy (non-hydrogen) atoms. The quantitative estimate of drug-likeness (QED) is 0.716. The van der Waals surface area contributed by atoms with Gasteiger partial charge in [0.15, 0.2) is 0 Å². The van der Waals surface area contributed by atoms with E-state index >= 15 is 0 Å². The normalized spacial score (nSPS) is 16.3. The molecule has 2 heterocycles. The number of fused-ring (bicyclic) bond motifs is 1. The highest BCUT2D eigenvalue weighted by Gasteiger charge is 2.24. The summed E-state index contributed by atoms with van der Waals surface area (Å²) in [6, 6.07) is 13.1. The number of hydrogen-bond acceptors (Lipinski definition) is 3. The van der Waals surface area contributed by atoms with Crippen LogP contribution in [0.1, 0.15) is 34.3 Å². The Balaban J connectivity index is 1.66. The Morgan fingerprint density at radius 1 is 1.24 bits per heavy atom. The van der Waals surface area contributed by atoms with E-state index in [0.717, 1.165) is 29.3 Å². The van der Waals surface area contributed by atoms with Gasteiger partial charge in [0, 0.05) is 24.3 Å². The Morgan fingerprint density at radius 2 is 2.03 bits per heavy atom. The number of benzene rings is 2. The molecule has 1 aromatic heterocycles. The van der Waals surface area contributed by atoms with E-state index in [4.69, 9.17) is 4.74 Å². The fraction of sp³-hybridized carbons (Fsp3) is 0.304. The fourth-order valence-corrected chi connectivity index (χ4v) is 3.78. The van der Waals surface area contributed by atoms with Gasteiger partial charge in [-0.25, -0.2) is 4.39 Å². The Morgan fingerprint density at radius 3 is 2.76 bits per heavy atom. The molecule has 1 aliphatic rings. The standard InChI is InChI=1S/C23H23FN2O3/c1-15-4-2-5-17-12-18(22(27)25-21(15)17)13-26(14-20-6-3-11-29-20)23(28)16-7-9-19(24)10-8-16/h2,4-5,7-10,12,20H,3,6,11,13-14H2,1H3,(H,25,27). The molecule has 3 aromatic rings. The van der Waals surface area contributed by atoms with Crippen molar-refractivity contribution in [1.29, 1.82) is 0 Å². The van der Waals surface area contributed by atoms with Crippen LogP contribution in [-0.4, -0.2) is 35.0 Å². The van der Waals surface area contributed by atoms with Crippen LogP contribution in [0, 0.1) is 12.7 Å². The van der Waals surface area contributed by atoms with Crippen molar-refractivity contribution in [3.05, 3.63) is 81.4 Å². The van der Waals surface area contributed by atoms with Gasteiger partial charge < -0.3 is 14.6 Å². The van der Waals surface area contributed by atoms with Gasteiger partial charge in [-0.2, -0.15) is 0 Å². The second-order valence-corrected chi connectivity index (χ2v) is 7.49. The SMILES string of the molecule is Cc1cccc2cc(CN(CC3CCCO3)C(=O)c3ccc(F)cc3)c(=O)[nH]c12. The van der Waals surface area contributed by atoms with Crippen molar-refractivity contribution in [2.75, 3.05) is 13.2 Å². The Bertz CT molecular complexity index is 1090. The lowest BCUT2D eigenvalue weighted by Gasteiger charge is -2.25. The first kappa shape index (κ1) is 19.3. The molecule has 0 spiro atoms. The lowest BCUT2D eigenvalue weighted by molar-refractivity contribution is 0.0506. The van der Waals surface area contributed by atoms with E-state index in [1.54, 1.807) is 4.90 Å². The monoisotopic (exact) mass is 394 g/mol. The summed E-state index contributed by atoms with van der Waals surface area (Å²) in [5.74, 6) is -0.641. The smallest absolute Gasteiger partial charge is 0.254 e. The van der Waals surface area contributed by atoms with Crippen molar-refractivity contribution in [3.63, 3.8) is 0 Å². The number of nitrogens with one attached hydrogen (secondary N) is 1. The maximum Gasteiger partial charge on any atom is 0.254 e. The molecule has 5 nitrogen and oxygen atoms in total. The molecule has 0 bridgehead atoms. The first-order valence-electron chi connectivity index (χ1n) is 9.79. The summed E-state index contributed by atoms with van der Waals surface area (Å²) >= 11 is 0. The van der Waals surface area contributed by atoms with Gasteiger partial charge in [-0.05, 0) is 61.0 Å². The number of para-hydroxylation sites is 1. The van der Waals surface area contributed by atoms with Crippen molar-refractivity contribution in [2.24, 2.45) is 0 Å². The van der Waals surface area contributed by atoms with Gasteiger partial charge in [-0.15, -0.1) is 0 Å². The summed E-state index contributed by atoms with van der Waals surface area (Å²) in [6.45, 7) is 3.18. The number of carbonyl (C=O) groups is 1. The number of ether oxygens (including phenoxy) is 1. The second-order valence-electron chi connectivity index (χ2n) is 7.49. The number of H-pyrrole nitrogens is 1. The van der Waals surface area contributed by atoms with Crippen LogP contribution in [0.15, 0.2) is 53.3 Å². The third kappa shape index (κ3) is 4.22. The van der Waals surface area contributed by atoms with Gasteiger partial charge in [0.1, 0.15) is 5.82 Å². The predicted octanol–water partition coefficient (Wildman–Crippen LogP) is 3.80. The summed E-state index contributed by atoms with van der Waals surface area (Å²) < 4.78 is 19.0. The van der Waals surface area contributed by atoms with Crippen LogP contribution in [-0.2, 0) is 11.3 Å². The lowest BCUT2D eigenvalue weighted by Crippen LogP contribution is -2.38. The highest BCUT2D eigenvalue weighted by Crippen LogP contribution is 2.19. The van der Waals surface area contributed by atoms with Gasteiger partial charge >= 0.3 is 0 Å². The van der Waals surface area contributed by atoms with E-state index in [9.17, 15) is 14.0 Å². The van der Waals surface area contributed by atoms with Crippen LogP contribution in [0.2, 0.25) is 0 Å². The summed E-state index contributed by atoms with van der Waals surface area (Å²) in [4.78, 5) is 30.4. The van der Waals surface area contributed by atoms with Crippen LogP contribution in [0.4, 0.5) is 4.39 Å². The number of halogens is 1.